The number of piperazine rings is 1. The van der Waals surface area contributed by atoms with Crippen LogP contribution < -0.4 is 10.6 Å². The number of carbonyl (C=O) groups is 3. The van der Waals surface area contributed by atoms with E-state index < -0.39 is 6.03 Å². The summed E-state index contributed by atoms with van der Waals surface area (Å²) in [7, 11) is 4.88. The van der Waals surface area contributed by atoms with Crippen molar-refractivity contribution in [3.63, 3.8) is 0 Å². The van der Waals surface area contributed by atoms with Crippen LogP contribution in [0.2, 0.25) is 0 Å². The van der Waals surface area contributed by atoms with Crippen molar-refractivity contribution in [1.29, 1.82) is 0 Å². The van der Waals surface area contributed by atoms with Crippen LogP contribution in [0.1, 0.15) is 0 Å². The summed E-state index contributed by atoms with van der Waals surface area (Å²) in [5.41, 5.74) is 0. The summed E-state index contributed by atoms with van der Waals surface area (Å²) in [5, 5.41) is 4.53. The van der Waals surface area contributed by atoms with E-state index >= 15 is 0 Å². The Morgan fingerprint density at radius 3 is 2.16 bits per heavy atom. The minimum atomic E-state index is -0.508. The van der Waals surface area contributed by atoms with E-state index in [0.717, 1.165) is 0 Å². The third-order valence-corrected chi connectivity index (χ3v) is 2.87. The molecule has 0 saturated carbocycles. The summed E-state index contributed by atoms with van der Waals surface area (Å²) >= 11 is 0. The summed E-state index contributed by atoms with van der Waals surface area (Å²) in [6, 6.07) is -0.527. The maximum atomic E-state index is 11.7. The molecular formula is C11H21N5O3. The molecule has 19 heavy (non-hydrogen) atoms. The lowest BCUT2D eigenvalue weighted by Gasteiger charge is -2.35. The van der Waals surface area contributed by atoms with Crippen molar-refractivity contribution in [2.45, 2.75) is 0 Å². The monoisotopic (exact) mass is 271 g/mol. The lowest BCUT2D eigenvalue weighted by Crippen LogP contribution is -2.53. The highest BCUT2D eigenvalue weighted by Crippen LogP contribution is 2.03. The molecule has 0 spiro atoms. The van der Waals surface area contributed by atoms with E-state index in [2.05, 4.69) is 10.6 Å². The third kappa shape index (κ3) is 4.74. The van der Waals surface area contributed by atoms with Crippen LogP contribution in [0.25, 0.3) is 0 Å². The molecule has 2 N–H and O–H groups in total. The van der Waals surface area contributed by atoms with Gasteiger partial charge in [-0.25, -0.2) is 9.59 Å². The van der Waals surface area contributed by atoms with Crippen LogP contribution in [-0.2, 0) is 4.79 Å². The zero-order chi connectivity index (χ0) is 14.4. The zero-order valence-electron chi connectivity index (χ0n) is 11.6. The minimum absolute atomic E-state index is 0.0190. The first-order chi connectivity index (χ1) is 8.93. The summed E-state index contributed by atoms with van der Waals surface area (Å²) in [6.07, 6.45) is 0. The highest BCUT2D eigenvalue weighted by atomic mass is 16.2. The Balaban J connectivity index is 2.32. The number of imide groups is 1. The van der Waals surface area contributed by atoms with E-state index in [9.17, 15) is 14.4 Å². The van der Waals surface area contributed by atoms with Crippen molar-refractivity contribution in [3.05, 3.63) is 0 Å². The van der Waals surface area contributed by atoms with Crippen molar-refractivity contribution in [2.75, 3.05) is 53.9 Å². The van der Waals surface area contributed by atoms with Gasteiger partial charge in [-0.15, -0.1) is 0 Å². The Kier molecular flexibility index (Phi) is 5.56. The molecule has 8 heteroatoms. The Hall–Kier alpha value is -1.83. The molecule has 0 atom stereocenters. The van der Waals surface area contributed by atoms with Gasteiger partial charge in [0.15, 0.2) is 0 Å². The van der Waals surface area contributed by atoms with Gasteiger partial charge in [0.2, 0.25) is 5.91 Å². The van der Waals surface area contributed by atoms with Gasteiger partial charge < -0.3 is 15.1 Å². The summed E-state index contributed by atoms with van der Waals surface area (Å²) < 4.78 is 0. The SMILES string of the molecule is CNC(=O)NC(=O)CN1CCN(C(=O)N(C)C)CC1. The molecule has 0 aliphatic carbocycles. The standard InChI is InChI=1S/C11H21N5O3/c1-12-10(18)13-9(17)8-15-4-6-16(7-5-15)11(19)14(2)3/h4-8H2,1-3H3,(H2,12,13,17,18). The van der Waals surface area contributed by atoms with Crippen LogP contribution >= 0.6 is 0 Å². The predicted octanol–water partition coefficient (Wildman–Crippen LogP) is -1.26. The second-order valence-electron chi connectivity index (χ2n) is 4.57. The smallest absolute Gasteiger partial charge is 0.321 e. The van der Waals surface area contributed by atoms with Crippen LogP contribution in [0, 0.1) is 0 Å². The normalized spacial score (nSPS) is 15.8. The molecule has 1 fully saturated rings. The number of hydrogen-bond acceptors (Lipinski definition) is 4. The molecule has 1 heterocycles. The zero-order valence-corrected chi connectivity index (χ0v) is 11.6. The van der Waals surface area contributed by atoms with E-state index in [-0.39, 0.29) is 18.5 Å². The van der Waals surface area contributed by atoms with E-state index in [1.54, 1.807) is 19.0 Å². The fraction of sp³-hybridized carbons (Fsp3) is 0.727. The lowest BCUT2D eigenvalue weighted by molar-refractivity contribution is -0.121. The number of hydrogen-bond donors (Lipinski definition) is 2. The molecule has 0 bridgehead atoms. The third-order valence-electron chi connectivity index (χ3n) is 2.87. The van der Waals surface area contributed by atoms with Crippen LogP contribution in [0.15, 0.2) is 0 Å². The molecule has 8 nitrogen and oxygen atoms in total. The van der Waals surface area contributed by atoms with Gasteiger partial charge >= 0.3 is 12.1 Å². The van der Waals surface area contributed by atoms with Crippen molar-refractivity contribution in [2.24, 2.45) is 0 Å². The van der Waals surface area contributed by atoms with Crippen LogP contribution in [-0.4, -0.2) is 86.5 Å². The molecule has 0 radical (unpaired) electrons. The van der Waals surface area contributed by atoms with Crippen molar-refractivity contribution < 1.29 is 14.4 Å². The number of urea groups is 2. The van der Waals surface area contributed by atoms with Gasteiger partial charge in [0.05, 0.1) is 6.54 Å². The first-order valence-corrected chi connectivity index (χ1v) is 6.14. The van der Waals surface area contributed by atoms with Crippen molar-refractivity contribution in [3.8, 4) is 0 Å². The highest BCUT2D eigenvalue weighted by molar-refractivity contribution is 5.95. The maximum absolute atomic E-state index is 11.7. The van der Waals surface area contributed by atoms with Gasteiger partial charge in [-0.3, -0.25) is 15.0 Å². The van der Waals surface area contributed by atoms with E-state index in [4.69, 9.17) is 0 Å². The van der Waals surface area contributed by atoms with E-state index in [1.807, 2.05) is 4.90 Å². The molecule has 0 aromatic heterocycles. The first kappa shape index (κ1) is 15.2. The Bertz CT molecular complexity index is 350. The van der Waals surface area contributed by atoms with Crippen molar-refractivity contribution in [1.82, 2.24) is 25.3 Å². The molecule has 1 aliphatic heterocycles. The van der Waals surface area contributed by atoms with E-state index in [0.29, 0.717) is 26.2 Å². The Morgan fingerprint density at radius 1 is 1.11 bits per heavy atom. The Labute approximate surface area is 112 Å². The summed E-state index contributed by atoms with van der Waals surface area (Å²) in [6.45, 7) is 2.59. The van der Waals surface area contributed by atoms with Gasteiger partial charge in [0.25, 0.3) is 0 Å². The summed E-state index contributed by atoms with van der Waals surface area (Å²) in [4.78, 5) is 39.4. The summed E-state index contributed by atoms with van der Waals surface area (Å²) in [5.74, 6) is -0.341. The predicted molar refractivity (Wildman–Crippen MR) is 69.7 cm³/mol. The molecule has 1 rings (SSSR count). The van der Waals surface area contributed by atoms with Gasteiger partial charge in [0.1, 0.15) is 0 Å². The van der Waals surface area contributed by atoms with Gasteiger partial charge in [-0.05, 0) is 0 Å². The molecule has 1 aliphatic rings. The second kappa shape index (κ2) is 6.93. The number of rotatable bonds is 2. The highest BCUT2D eigenvalue weighted by Gasteiger charge is 2.23. The van der Waals surface area contributed by atoms with Crippen LogP contribution in [0.4, 0.5) is 9.59 Å². The van der Waals surface area contributed by atoms with E-state index in [1.165, 1.54) is 11.9 Å². The van der Waals surface area contributed by atoms with Crippen LogP contribution in [0.5, 0.6) is 0 Å². The Morgan fingerprint density at radius 2 is 1.68 bits per heavy atom. The van der Waals surface area contributed by atoms with Gasteiger partial charge in [-0.1, -0.05) is 0 Å². The second-order valence-corrected chi connectivity index (χ2v) is 4.57. The van der Waals surface area contributed by atoms with Crippen molar-refractivity contribution >= 4 is 18.0 Å². The molecule has 0 aromatic carbocycles. The molecule has 0 aromatic rings. The molecule has 5 amide bonds. The number of nitrogens with zero attached hydrogens (tertiary/aromatic N) is 3. The molecule has 108 valence electrons. The topological polar surface area (TPSA) is 85.0 Å². The minimum Gasteiger partial charge on any atom is -0.341 e. The first-order valence-electron chi connectivity index (χ1n) is 6.14. The van der Waals surface area contributed by atoms with Gasteiger partial charge in [0, 0.05) is 47.3 Å². The van der Waals surface area contributed by atoms with Gasteiger partial charge in [-0.2, -0.15) is 0 Å². The average Bonchev–Trinajstić information content (AvgIpc) is 2.38. The van der Waals surface area contributed by atoms with Crippen LogP contribution in [0.3, 0.4) is 0 Å². The number of amides is 5. The maximum Gasteiger partial charge on any atom is 0.321 e. The largest absolute Gasteiger partial charge is 0.341 e. The quantitative estimate of drug-likeness (QED) is 0.656. The number of nitrogens with one attached hydrogen (secondary N) is 2. The molecular weight excluding hydrogens is 250 g/mol. The fourth-order valence-electron chi connectivity index (χ4n) is 1.81. The molecule has 0 unspecified atom stereocenters. The molecule has 1 saturated heterocycles. The average molecular weight is 271 g/mol. The number of carbonyl (C=O) groups excluding carboxylic acids is 3. The lowest BCUT2D eigenvalue weighted by atomic mass is 10.3. The fourth-order valence-corrected chi connectivity index (χ4v) is 1.81.